The molecular weight excluding hydrogens is 246 g/mol. The fraction of sp³-hybridized carbons (Fsp3) is 0.357. The molecule has 5 nitrogen and oxygen atoms in total. The van der Waals surface area contributed by atoms with E-state index in [4.69, 9.17) is 0 Å². The summed E-state index contributed by atoms with van der Waals surface area (Å²) < 4.78 is 4.66. The minimum absolute atomic E-state index is 0.0367. The van der Waals surface area contributed by atoms with E-state index in [2.05, 4.69) is 4.74 Å². The second kappa shape index (κ2) is 4.19. The van der Waals surface area contributed by atoms with Crippen LogP contribution in [0.15, 0.2) is 24.3 Å². The summed E-state index contributed by atoms with van der Waals surface area (Å²) >= 11 is 0. The quantitative estimate of drug-likeness (QED) is 0.602. The molecule has 0 aromatic heterocycles. The normalized spacial score (nSPS) is 24.4. The van der Waals surface area contributed by atoms with Gasteiger partial charge in [0.15, 0.2) is 0 Å². The van der Waals surface area contributed by atoms with Crippen molar-refractivity contribution in [3.63, 3.8) is 0 Å². The summed E-state index contributed by atoms with van der Waals surface area (Å²) in [5.74, 6) is -0.933. The third kappa shape index (κ3) is 1.82. The summed E-state index contributed by atoms with van der Waals surface area (Å²) in [7, 11) is 1.35. The Labute approximate surface area is 110 Å². The first-order valence-electron chi connectivity index (χ1n) is 6.16. The number of carbonyl (C=O) groups is 3. The molecule has 0 N–H and O–H groups in total. The van der Waals surface area contributed by atoms with Gasteiger partial charge in [-0.2, -0.15) is 0 Å². The fourth-order valence-electron chi connectivity index (χ4n) is 2.53. The van der Waals surface area contributed by atoms with Crippen molar-refractivity contribution in [1.82, 2.24) is 4.90 Å². The van der Waals surface area contributed by atoms with Gasteiger partial charge in [-0.25, -0.2) is 0 Å². The highest BCUT2D eigenvalue weighted by Crippen LogP contribution is 2.41. The summed E-state index contributed by atoms with van der Waals surface area (Å²) in [6.45, 7) is 0.298. The molecule has 19 heavy (non-hydrogen) atoms. The highest BCUT2D eigenvalue weighted by Gasteiger charge is 2.47. The lowest BCUT2D eigenvalue weighted by Gasteiger charge is -2.13. The Morgan fingerprint density at radius 3 is 2.37 bits per heavy atom. The van der Waals surface area contributed by atoms with Crippen LogP contribution in [0.5, 0.6) is 0 Å². The van der Waals surface area contributed by atoms with Crippen molar-refractivity contribution in [2.45, 2.75) is 6.42 Å². The maximum absolute atomic E-state index is 12.1. The van der Waals surface area contributed by atoms with E-state index in [-0.39, 0.29) is 29.6 Å². The van der Waals surface area contributed by atoms with Gasteiger partial charge in [-0.3, -0.25) is 19.3 Å². The second-order valence-electron chi connectivity index (χ2n) is 4.89. The van der Waals surface area contributed by atoms with Gasteiger partial charge in [0.1, 0.15) is 0 Å². The van der Waals surface area contributed by atoms with Gasteiger partial charge in [0.05, 0.1) is 24.2 Å². The topological polar surface area (TPSA) is 63.7 Å². The van der Waals surface area contributed by atoms with E-state index in [0.717, 1.165) is 0 Å². The lowest BCUT2D eigenvalue weighted by atomic mass is 10.1. The Morgan fingerprint density at radius 1 is 1.26 bits per heavy atom. The molecule has 98 valence electrons. The van der Waals surface area contributed by atoms with Crippen LogP contribution < -0.4 is 0 Å². The summed E-state index contributed by atoms with van der Waals surface area (Å²) in [5, 5.41) is 0. The highest BCUT2D eigenvalue weighted by molar-refractivity contribution is 6.21. The van der Waals surface area contributed by atoms with Crippen LogP contribution in [0.25, 0.3) is 0 Å². The average Bonchev–Trinajstić information content (AvgIpc) is 3.17. The molecule has 3 rings (SSSR count). The molecule has 5 heteroatoms. The van der Waals surface area contributed by atoms with Crippen LogP contribution in [0.3, 0.4) is 0 Å². The van der Waals surface area contributed by atoms with Gasteiger partial charge in [0.2, 0.25) is 0 Å². The van der Waals surface area contributed by atoms with Crippen LogP contribution in [-0.4, -0.2) is 36.3 Å². The minimum Gasteiger partial charge on any atom is -0.469 e. The van der Waals surface area contributed by atoms with Crippen molar-refractivity contribution in [3.8, 4) is 0 Å². The van der Waals surface area contributed by atoms with Gasteiger partial charge >= 0.3 is 5.97 Å². The van der Waals surface area contributed by atoms with E-state index in [9.17, 15) is 14.4 Å². The monoisotopic (exact) mass is 259 g/mol. The zero-order chi connectivity index (χ0) is 13.6. The van der Waals surface area contributed by atoms with Crippen LogP contribution in [-0.2, 0) is 9.53 Å². The zero-order valence-electron chi connectivity index (χ0n) is 10.5. The largest absolute Gasteiger partial charge is 0.469 e. The van der Waals surface area contributed by atoms with Gasteiger partial charge in [-0.1, -0.05) is 12.1 Å². The van der Waals surface area contributed by atoms with Crippen molar-refractivity contribution in [1.29, 1.82) is 0 Å². The van der Waals surface area contributed by atoms with Gasteiger partial charge in [0, 0.05) is 6.54 Å². The van der Waals surface area contributed by atoms with Gasteiger partial charge in [0.25, 0.3) is 11.8 Å². The number of rotatable bonds is 3. The van der Waals surface area contributed by atoms with E-state index in [1.165, 1.54) is 12.0 Å². The van der Waals surface area contributed by atoms with Gasteiger partial charge in [-0.05, 0) is 24.5 Å². The standard InChI is InChI=1S/C14H13NO4/c1-19-14(18)11-6-8(11)7-15-12(16)9-4-2-3-5-10(9)13(15)17/h2-5,8,11H,6-7H2,1H3/t8-,11-/m1/s1. The van der Waals surface area contributed by atoms with Crippen LogP contribution in [0.1, 0.15) is 27.1 Å². The molecule has 1 saturated carbocycles. The van der Waals surface area contributed by atoms with E-state index in [1.54, 1.807) is 24.3 Å². The van der Waals surface area contributed by atoms with Gasteiger partial charge < -0.3 is 4.74 Å². The minimum atomic E-state index is -0.267. The number of ether oxygens (including phenoxy) is 1. The van der Waals surface area contributed by atoms with Gasteiger partial charge in [-0.15, -0.1) is 0 Å². The predicted molar refractivity (Wildman–Crippen MR) is 65.4 cm³/mol. The Kier molecular flexibility index (Phi) is 2.62. The summed E-state index contributed by atoms with van der Waals surface area (Å²) in [5.41, 5.74) is 0.894. The zero-order valence-corrected chi connectivity index (χ0v) is 10.5. The first-order valence-corrected chi connectivity index (χ1v) is 6.16. The van der Waals surface area contributed by atoms with Crippen LogP contribution in [0.2, 0.25) is 0 Å². The number of imide groups is 1. The molecule has 2 aliphatic rings. The fourth-order valence-corrected chi connectivity index (χ4v) is 2.53. The van der Waals surface area contributed by atoms with Crippen molar-refractivity contribution in [3.05, 3.63) is 35.4 Å². The molecule has 1 aliphatic carbocycles. The Hall–Kier alpha value is -2.17. The number of nitrogens with zero attached hydrogens (tertiary/aromatic N) is 1. The lowest BCUT2D eigenvalue weighted by Crippen LogP contribution is -2.32. The number of hydrogen-bond donors (Lipinski definition) is 0. The molecule has 0 unspecified atom stereocenters. The van der Waals surface area contributed by atoms with Crippen LogP contribution >= 0.6 is 0 Å². The number of methoxy groups -OCH3 is 1. The number of hydrogen-bond acceptors (Lipinski definition) is 4. The molecule has 1 aromatic rings. The number of carbonyl (C=O) groups excluding carboxylic acids is 3. The maximum Gasteiger partial charge on any atom is 0.309 e. The Morgan fingerprint density at radius 2 is 1.84 bits per heavy atom. The van der Waals surface area contributed by atoms with E-state index < -0.39 is 0 Å². The molecule has 2 amide bonds. The Bertz CT molecular complexity index is 546. The van der Waals surface area contributed by atoms with Crippen molar-refractivity contribution in [2.75, 3.05) is 13.7 Å². The second-order valence-corrected chi connectivity index (χ2v) is 4.89. The van der Waals surface area contributed by atoms with Crippen molar-refractivity contribution < 1.29 is 19.1 Å². The molecule has 2 atom stereocenters. The highest BCUT2D eigenvalue weighted by atomic mass is 16.5. The first kappa shape index (κ1) is 11.9. The molecule has 0 bridgehead atoms. The smallest absolute Gasteiger partial charge is 0.309 e. The number of esters is 1. The van der Waals surface area contributed by atoms with Crippen LogP contribution in [0, 0.1) is 11.8 Å². The lowest BCUT2D eigenvalue weighted by molar-refractivity contribution is -0.142. The van der Waals surface area contributed by atoms with E-state index in [1.807, 2.05) is 0 Å². The van der Waals surface area contributed by atoms with Crippen molar-refractivity contribution in [2.24, 2.45) is 11.8 Å². The molecule has 0 spiro atoms. The SMILES string of the molecule is COC(=O)[C@@H]1C[C@@H]1CN1C(=O)c2ccccc2C1=O. The maximum atomic E-state index is 12.1. The van der Waals surface area contributed by atoms with Crippen LogP contribution in [0.4, 0.5) is 0 Å². The third-order valence-electron chi connectivity index (χ3n) is 3.72. The molecular formula is C14H13NO4. The average molecular weight is 259 g/mol. The Balaban J connectivity index is 1.74. The first-order chi connectivity index (χ1) is 9.13. The summed E-state index contributed by atoms with van der Waals surface area (Å²) in [4.78, 5) is 36.8. The van der Waals surface area contributed by atoms with E-state index >= 15 is 0 Å². The third-order valence-corrected chi connectivity index (χ3v) is 3.72. The van der Waals surface area contributed by atoms with E-state index in [0.29, 0.717) is 24.1 Å². The number of amides is 2. The number of fused-ring (bicyclic) bond motifs is 1. The molecule has 1 aliphatic heterocycles. The predicted octanol–water partition coefficient (Wildman–Crippen LogP) is 1.09. The van der Waals surface area contributed by atoms with Crippen molar-refractivity contribution >= 4 is 17.8 Å². The molecule has 1 fully saturated rings. The molecule has 1 heterocycles. The number of benzene rings is 1. The molecule has 0 saturated heterocycles. The molecule has 0 radical (unpaired) electrons. The molecule has 1 aromatic carbocycles. The summed E-state index contributed by atoms with van der Waals surface area (Å²) in [6.07, 6.45) is 0.681. The summed E-state index contributed by atoms with van der Waals surface area (Å²) in [6, 6.07) is 6.78.